The van der Waals surface area contributed by atoms with E-state index < -0.39 is 0 Å². The Morgan fingerprint density at radius 2 is 1.84 bits per heavy atom. The van der Waals surface area contributed by atoms with Crippen LogP contribution in [0.4, 0.5) is 0 Å². The molecule has 0 saturated carbocycles. The van der Waals surface area contributed by atoms with Crippen LogP contribution in [0.15, 0.2) is 35.1 Å². The van der Waals surface area contributed by atoms with Gasteiger partial charge >= 0.3 is 0 Å². The average Bonchev–Trinajstić information content (AvgIpc) is 2.84. The zero-order valence-corrected chi connectivity index (χ0v) is 12.2. The number of nitrogens with one attached hydrogen (secondary N) is 1. The van der Waals surface area contributed by atoms with Crippen molar-refractivity contribution in [3.63, 3.8) is 0 Å². The number of hydrogen-bond donors (Lipinski definition) is 1. The highest BCUT2D eigenvalue weighted by Gasteiger charge is 2.14. The molecular weight excluding hydrogens is 236 g/mol. The van der Waals surface area contributed by atoms with Crippen LogP contribution in [0.5, 0.6) is 0 Å². The minimum Gasteiger partial charge on any atom is -0.443 e. The van der Waals surface area contributed by atoms with Gasteiger partial charge in [-0.05, 0) is 32.8 Å². The summed E-state index contributed by atoms with van der Waals surface area (Å²) in [6.45, 7) is 9.29. The molecule has 1 heterocycles. The summed E-state index contributed by atoms with van der Waals surface area (Å²) in [4.78, 5) is 4.31. The molecule has 3 nitrogen and oxygen atoms in total. The second-order valence-corrected chi connectivity index (χ2v) is 5.78. The van der Waals surface area contributed by atoms with Crippen LogP contribution in [-0.4, -0.2) is 10.5 Å². The molecule has 19 heavy (non-hydrogen) atoms. The predicted octanol–water partition coefficient (Wildman–Crippen LogP) is 3.79. The zero-order valence-electron chi connectivity index (χ0n) is 12.2. The summed E-state index contributed by atoms with van der Waals surface area (Å²) in [7, 11) is 0. The minimum atomic E-state index is 0.0717. The SMILES string of the molecule is CCc1ccc(-c2ocnc2CNC(C)(C)C)cc1. The molecule has 1 aromatic heterocycles. The van der Waals surface area contributed by atoms with Gasteiger partial charge in [0.15, 0.2) is 12.2 Å². The first-order chi connectivity index (χ1) is 8.99. The van der Waals surface area contributed by atoms with Gasteiger partial charge in [-0.25, -0.2) is 4.98 Å². The van der Waals surface area contributed by atoms with E-state index >= 15 is 0 Å². The van der Waals surface area contributed by atoms with E-state index in [4.69, 9.17) is 4.42 Å². The van der Waals surface area contributed by atoms with Crippen molar-refractivity contribution in [1.29, 1.82) is 0 Å². The third-order valence-corrected chi connectivity index (χ3v) is 3.05. The highest BCUT2D eigenvalue weighted by Crippen LogP contribution is 2.24. The van der Waals surface area contributed by atoms with Crippen LogP contribution in [0.25, 0.3) is 11.3 Å². The number of hydrogen-bond acceptors (Lipinski definition) is 3. The van der Waals surface area contributed by atoms with Gasteiger partial charge < -0.3 is 9.73 Å². The molecule has 0 atom stereocenters. The maximum absolute atomic E-state index is 5.54. The lowest BCUT2D eigenvalue weighted by Crippen LogP contribution is -2.35. The standard InChI is InChI=1S/C16H22N2O/c1-5-12-6-8-13(9-7-12)15-14(17-11-19-15)10-18-16(2,3)4/h6-9,11,18H,5,10H2,1-4H3. The number of rotatable bonds is 4. The maximum Gasteiger partial charge on any atom is 0.181 e. The van der Waals surface area contributed by atoms with E-state index in [0.717, 1.165) is 23.4 Å². The molecule has 3 heteroatoms. The van der Waals surface area contributed by atoms with E-state index in [1.54, 1.807) is 0 Å². The minimum absolute atomic E-state index is 0.0717. The molecule has 1 aromatic carbocycles. The molecule has 0 bridgehead atoms. The van der Waals surface area contributed by atoms with Crippen molar-refractivity contribution < 1.29 is 4.42 Å². The van der Waals surface area contributed by atoms with E-state index in [1.807, 2.05) is 0 Å². The first kappa shape index (κ1) is 13.8. The Morgan fingerprint density at radius 3 is 2.42 bits per heavy atom. The van der Waals surface area contributed by atoms with Crippen LogP contribution in [0, 0.1) is 0 Å². The maximum atomic E-state index is 5.54. The molecule has 0 aliphatic carbocycles. The molecule has 2 aromatic rings. The Bertz CT molecular complexity index is 520. The Labute approximate surface area is 115 Å². The molecule has 102 valence electrons. The van der Waals surface area contributed by atoms with Gasteiger partial charge in [0.2, 0.25) is 0 Å². The van der Waals surface area contributed by atoms with Gasteiger partial charge in [-0.1, -0.05) is 31.2 Å². The van der Waals surface area contributed by atoms with Crippen molar-refractivity contribution in [2.24, 2.45) is 0 Å². The quantitative estimate of drug-likeness (QED) is 0.906. The van der Waals surface area contributed by atoms with Gasteiger partial charge in [0.1, 0.15) is 5.69 Å². The molecule has 1 N–H and O–H groups in total. The predicted molar refractivity (Wildman–Crippen MR) is 77.9 cm³/mol. The Kier molecular flexibility index (Phi) is 4.05. The van der Waals surface area contributed by atoms with Crippen LogP contribution >= 0.6 is 0 Å². The second kappa shape index (κ2) is 5.57. The van der Waals surface area contributed by atoms with Crippen LogP contribution < -0.4 is 5.32 Å². The van der Waals surface area contributed by atoms with Crippen LogP contribution in [-0.2, 0) is 13.0 Å². The molecule has 0 amide bonds. The molecular formula is C16H22N2O. The van der Waals surface area contributed by atoms with Crippen LogP contribution in [0.3, 0.4) is 0 Å². The highest BCUT2D eigenvalue weighted by atomic mass is 16.3. The fourth-order valence-electron chi connectivity index (χ4n) is 1.87. The Balaban J connectivity index is 2.18. The van der Waals surface area contributed by atoms with Crippen molar-refractivity contribution >= 4 is 0 Å². The molecule has 0 unspecified atom stereocenters. The molecule has 0 fully saturated rings. The van der Waals surface area contributed by atoms with Crippen LogP contribution in [0.1, 0.15) is 39.0 Å². The van der Waals surface area contributed by atoms with Gasteiger partial charge in [-0.3, -0.25) is 0 Å². The smallest absolute Gasteiger partial charge is 0.181 e. The van der Waals surface area contributed by atoms with Crippen molar-refractivity contribution in [2.45, 2.75) is 46.2 Å². The number of aryl methyl sites for hydroxylation is 1. The summed E-state index contributed by atoms with van der Waals surface area (Å²) in [6, 6.07) is 8.47. The van der Waals surface area contributed by atoms with Gasteiger partial charge in [-0.2, -0.15) is 0 Å². The summed E-state index contributed by atoms with van der Waals surface area (Å²) < 4.78 is 5.54. The fourth-order valence-corrected chi connectivity index (χ4v) is 1.87. The van der Waals surface area contributed by atoms with E-state index in [1.165, 1.54) is 12.0 Å². The van der Waals surface area contributed by atoms with E-state index in [9.17, 15) is 0 Å². The van der Waals surface area contributed by atoms with Crippen molar-refractivity contribution in [1.82, 2.24) is 10.3 Å². The first-order valence-electron chi connectivity index (χ1n) is 6.76. The molecule has 0 saturated heterocycles. The third-order valence-electron chi connectivity index (χ3n) is 3.05. The molecule has 0 spiro atoms. The lowest BCUT2D eigenvalue weighted by molar-refractivity contribution is 0.421. The number of benzene rings is 1. The highest BCUT2D eigenvalue weighted by molar-refractivity contribution is 5.60. The third kappa shape index (κ3) is 3.67. The summed E-state index contributed by atoms with van der Waals surface area (Å²) in [5.41, 5.74) is 3.44. The molecule has 0 aliphatic heterocycles. The van der Waals surface area contributed by atoms with Crippen molar-refractivity contribution in [2.75, 3.05) is 0 Å². The summed E-state index contributed by atoms with van der Waals surface area (Å²) in [5.74, 6) is 0.861. The zero-order chi connectivity index (χ0) is 13.9. The number of nitrogens with zero attached hydrogens (tertiary/aromatic N) is 1. The second-order valence-electron chi connectivity index (χ2n) is 5.78. The largest absolute Gasteiger partial charge is 0.443 e. The lowest BCUT2D eigenvalue weighted by Gasteiger charge is -2.19. The molecule has 0 aliphatic rings. The topological polar surface area (TPSA) is 38.1 Å². The van der Waals surface area contributed by atoms with E-state index in [-0.39, 0.29) is 5.54 Å². The summed E-state index contributed by atoms with van der Waals surface area (Å²) in [6.07, 6.45) is 2.57. The van der Waals surface area contributed by atoms with Crippen molar-refractivity contribution in [3.05, 3.63) is 41.9 Å². The summed E-state index contributed by atoms with van der Waals surface area (Å²) in [5, 5.41) is 3.43. The van der Waals surface area contributed by atoms with Gasteiger partial charge in [0.25, 0.3) is 0 Å². The van der Waals surface area contributed by atoms with Gasteiger partial charge in [0.05, 0.1) is 0 Å². The Hall–Kier alpha value is -1.61. The Morgan fingerprint density at radius 1 is 1.16 bits per heavy atom. The average molecular weight is 258 g/mol. The fraction of sp³-hybridized carbons (Fsp3) is 0.438. The van der Waals surface area contributed by atoms with Gasteiger partial charge in [-0.15, -0.1) is 0 Å². The first-order valence-corrected chi connectivity index (χ1v) is 6.76. The van der Waals surface area contributed by atoms with Gasteiger partial charge in [0, 0.05) is 17.6 Å². The lowest BCUT2D eigenvalue weighted by atomic mass is 10.1. The van der Waals surface area contributed by atoms with E-state index in [2.05, 4.69) is 62.3 Å². The van der Waals surface area contributed by atoms with E-state index in [0.29, 0.717) is 6.54 Å². The molecule has 0 radical (unpaired) electrons. The normalized spacial score (nSPS) is 11.8. The monoisotopic (exact) mass is 258 g/mol. The van der Waals surface area contributed by atoms with Crippen LogP contribution in [0.2, 0.25) is 0 Å². The molecule has 2 rings (SSSR count). The van der Waals surface area contributed by atoms with Crippen molar-refractivity contribution in [3.8, 4) is 11.3 Å². The summed E-state index contributed by atoms with van der Waals surface area (Å²) >= 11 is 0. The number of aromatic nitrogens is 1. The number of oxazole rings is 1.